The van der Waals surface area contributed by atoms with Gasteiger partial charge in [0.2, 0.25) is 0 Å². The number of carbonyl (C=O) groups is 1. The van der Waals surface area contributed by atoms with Crippen molar-refractivity contribution in [3.05, 3.63) is 23.4 Å². The molecule has 0 fully saturated rings. The Balaban J connectivity index is 2.54. The molecular formula is C9H10ClNO2S. The largest absolute Gasteiger partial charge is 0.481 e. The third kappa shape index (κ3) is 3.20. The molecule has 76 valence electrons. The van der Waals surface area contributed by atoms with E-state index in [0.717, 1.165) is 0 Å². The summed E-state index contributed by atoms with van der Waals surface area (Å²) in [6.45, 7) is 1.66. The topological polar surface area (TPSA) is 50.2 Å². The van der Waals surface area contributed by atoms with E-state index in [1.165, 1.54) is 11.8 Å². The third-order valence-corrected chi connectivity index (χ3v) is 3.30. The van der Waals surface area contributed by atoms with Crippen molar-refractivity contribution in [2.24, 2.45) is 5.92 Å². The van der Waals surface area contributed by atoms with Gasteiger partial charge in [0, 0.05) is 11.9 Å². The first kappa shape index (κ1) is 11.3. The first-order valence-electron chi connectivity index (χ1n) is 4.07. The van der Waals surface area contributed by atoms with Gasteiger partial charge in [-0.3, -0.25) is 4.79 Å². The fourth-order valence-electron chi connectivity index (χ4n) is 0.753. The summed E-state index contributed by atoms with van der Waals surface area (Å²) in [4.78, 5) is 14.6. The molecule has 1 aromatic heterocycles. The second-order valence-electron chi connectivity index (χ2n) is 2.84. The number of aliphatic carboxylic acids is 1. The van der Waals surface area contributed by atoms with Crippen LogP contribution in [0.1, 0.15) is 6.92 Å². The molecule has 1 rings (SSSR count). The number of carboxylic acid groups (broad SMARTS) is 1. The number of carboxylic acids is 1. The van der Waals surface area contributed by atoms with Gasteiger partial charge in [-0.1, -0.05) is 18.5 Å². The molecule has 1 N–H and O–H groups in total. The number of thioether (sulfide) groups is 1. The van der Waals surface area contributed by atoms with Crippen LogP contribution in [0.2, 0.25) is 5.02 Å². The Bertz CT molecular complexity index is 332. The first-order chi connectivity index (χ1) is 6.61. The number of aromatic nitrogens is 1. The molecule has 0 bridgehead atoms. The van der Waals surface area contributed by atoms with Gasteiger partial charge in [-0.25, -0.2) is 4.98 Å². The highest BCUT2D eigenvalue weighted by atomic mass is 35.5. The van der Waals surface area contributed by atoms with Gasteiger partial charge in [0.1, 0.15) is 5.03 Å². The molecule has 1 unspecified atom stereocenters. The zero-order chi connectivity index (χ0) is 10.6. The lowest BCUT2D eigenvalue weighted by atomic mass is 10.2. The van der Waals surface area contributed by atoms with Gasteiger partial charge in [-0.15, -0.1) is 11.8 Å². The average molecular weight is 232 g/mol. The number of hydrogen-bond donors (Lipinski definition) is 1. The zero-order valence-corrected chi connectivity index (χ0v) is 9.18. The number of halogens is 1. The van der Waals surface area contributed by atoms with Crippen LogP contribution >= 0.6 is 23.4 Å². The summed E-state index contributed by atoms with van der Waals surface area (Å²) < 4.78 is 0. The fourth-order valence-corrected chi connectivity index (χ4v) is 1.93. The Morgan fingerprint density at radius 1 is 1.79 bits per heavy atom. The van der Waals surface area contributed by atoms with Gasteiger partial charge in [0.15, 0.2) is 0 Å². The maximum Gasteiger partial charge on any atom is 0.307 e. The fraction of sp³-hybridized carbons (Fsp3) is 0.333. The monoisotopic (exact) mass is 231 g/mol. The van der Waals surface area contributed by atoms with E-state index in [9.17, 15) is 4.79 Å². The molecule has 0 aliphatic carbocycles. The van der Waals surface area contributed by atoms with Gasteiger partial charge in [-0.05, 0) is 12.1 Å². The first-order valence-corrected chi connectivity index (χ1v) is 5.43. The minimum atomic E-state index is -0.801. The van der Waals surface area contributed by atoms with Gasteiger partial charge < -0.3 is 5.11 Å². The van der Waals surface area contributed by atoms with Crippen LogP contribution in [0.25, 0.3) is 0 Å². The van der Waals surface area contributed by atoms with Crippen LogP contribution < -0.4 is 0 Å². The molecule has 14 heavy (non-hydrogen) atoms. The molecule has 0 aliphatic heterocycles. The van der Waals surface area contributed by atoms with Crippen molar-refractivity contribution < 1.29 is 9.90 Å². The van der Waals surface area contributed by atoms with E-state index in [1.54, 1.807) is 25.3 Å². The van der Waals surface area contributed by atoms with Crippen molar-refractivity contribution in [3.8, 4) is 0 Å². The summed E-state index contributed by atoms with van der Waals surface area (Å²) in [7, 11) is 0. The van der Waals surface area contributed by atoms with Crippen molar-refractivity contribution in [1.29, 1.82) is 0 Å². The van der Waals surface area contributed by atoms with Gasteiger partial charge in [0.05, 0.1) is 10.9 Å². The van der Waals surface area contributed by atoms with E-state index >= 15 is 0 Å². The standard InChI is InChI=1S/C9H10ClNO2S/c1-6(9(12)13)5-14-8-7(10)3-2-4-11-8/h2-4,6H,5H2,1H3,(H,12,13). The predicted molar refractivity (Wildman–Crippen MR) is 56.8 cm³/mol. The quantitative estimate of drug-likeness (QED) is 0.810. The van der Waals surface area contributed by atoms with Crippen LogP contribution in [-0.4, -0.2) is 21.8 Å². The van der Waals surface area contributed by atoms with Gasteiger partial charge in [-0.2, -0.15) is 0 Å². The molecule has 5 heteroatoms. The normalized spacial score (nSPS) is 12.4. The van der Waals surface area contributed by atoms with E-state index in [2.05, 4.69) is 4.98 Å². The van der Waals surface area contributed by atoms with E-state index in [4.69, 9.17) is 16.7 Å². The molecule has 1 aromatic rings. The Morgan fingerprint density at radius 3 is 3.07 bits per heavy atom. The Hall–Kier alpha value is -0.740. The van der Waals surface area contributed by atoms with Crippen LogP contribution in [0, 0.1) is 5.92 Å². The van der Waals surface area contributed by atoms with E-state index in [-0.39, 0.29) is 0 Å². The molecule has 0 radical (unpaired) electrons. The number of nitrogens with zero attached hydrogens (tertiary/aromatic N) is 1. The summed E-state index contributed by atoms with van der Waals surface area (Å²) in [5.41, 5.74) is 0. The van der Waals surface area contributed by atoms with Gasteiger partial charge in [0.25, 0.3) is 0 Å². The highest BCUT2D eigenvalue weighted by molar-refractivity contribution is 7.99. The lowest BCUT2D eigenvalue weighted by Crippen LogP contribution is -2.11. The molecule has 0 aromatic carbocycles. The van der Waals surface area contributed by atoms with Crippen LogP contribution in [0.5, 0.6) is 0 Å². The number of rotatable bonds is 4. The number of pyridine rings is 1. The molecule has 0 saturated heterocycles. The lowest BCUT2D eigenvalue weighted by molar-refractivity contribution is -0.140. The van der Waals surface area contributed by atoms with Crippen LogP contribution in [0.4, 0.5) is 0 Å². The van der Waals surface area contributed by atoms with Crippen molar-refractivity contribution in [1.82, 2.24) is 4.98 Å². The maximum absolute atomic E-state index is 10.5. The Morgan fingerprint density at radius 2 is 2.50 bits per heavy atom. The predicted octanol–water partition coefficient (Wildman–Crippen LogP) is 2.55. The molecule has 1 atom stereocenters. The Kier molecular flexibility index (Phi) is 4.22. The van der Waals surface area contributed by atoms with Crippen LogP contribution in [-0.2, 0) is 4.79 Å². The molecular weight excluding hydrogens is 222 g/mol. The van der Waals surface area contributed by atoms with Crippen molar-refractivity contribution >= 4 is 29.3 Å². The molecule has 1 heterocycles. The summed E-state index contributed by atoms with van der Waals surface area (Å²) in [6.07, 6.45) is 1.64. The molecule has 0 aliphatic rings. The van der Waals surface area contributed by atoms with E-state index in [0.29, 0.717) is 15.8 Å². The highest BCUT2D eigenvalue weighted by Gasteiger charge is 2.12. The highest BCUT2D eigenvalue weighted by Crippen LogP contribution is 2.25. The second kappa shape index (κ2) is 5.22. The zero-order valence-electron chi connectivity index (χ0n) is 7.61. The second-order valence-corrected chi connectivity index (χ2v) is 4.26. The minimum Gasteiger partial charge on any atom is -0.481 e. The lowest BCUT2D eigenvalue weighted by Gasteiger charge is -2.05. The molecule has 0 amide bonds. The van der Waals surface area contributed by atoms with Gasteiger partial charge >= 0.3 is 5.97 Å². The van der Waals surface area contributed by atoms with E-state index < -0.39 is 11.9 Å². The summed E-state index contributed by atoms with van der Waals surface area (Å²) in [6, 6.07) is 3.48. The summed E-state index contributed by atoms with van der Waals surface area (Å²) in [5.74, 6) is -0.714. The Labute approximate surface area is 91.5 Å². The smallest absolute Gasteiger partial charge is 0.307 e. The van der Waals surface area contributed by atoms with Crippen LogP contribution in [0.15, 0.2) is 23.4 Å². The number of hydrogen-bond acceptors (Lipinski definition) is 3. The molecule has 0 spiro atoms. The summed E-state index contributed by atoms with van der Waals surface area (Å²) in [5, 5.41) is 9.91. The van der Waals surface area contributed by atoms with Crippen molar-refractivity contribution in [2.45, 2.75) is 11.9 Å². The van der Waals surface area contributed by atoms with E-state index in [1.807, 2.05) is 0 Å². The molecule has 3 nitrogen and oxygen atoms in total. The minimum absolute atomic E-state index is 0.391. The maximum atomic E-state index is 10.5. The SMILES string of the molecule is CC(CSc1ncccc1Cl)C(=O)O. The average Bonchev–Trinajstić information content (AvgIpc) is 2.16. The van der Waals surface area contributed by atoms with Crippen molar-refractivity contribution in [3.63, 3.8) is 0 Å². The third-order valence-electron chi connectivity index (χ3n) is 1.62. The molecule has 0 saturated carbocycles. The summed E-state index contributed by atoms with van der Waals surface area (Å²) >= 11 is 7.22. The van der Waals surface area contributed by atoms with Crippen LogP contribution in [0.3, 0.4) is 0 Å². The van der Waals surface area contributed by atoms with Crippen molar-refractivity contribution in [2.75, 3.05) is 5.75 Å².